The lowest BCUT2D eigenvalue weighted by Gasteiger charge is -2.36. The number of hydrogen-bond donors (Lipinski definition) is 0. The van der Waals surface area contributed by atoms with Gasteiger partial charge in [0.25, 0.3) is 0 Å². The Balaban J connectivity index is 2.97. The van der Waals surface area contributed by atoms with Gasteiger partial charge in [-0.3, -0.25) is 0 Å². The quantitative estimate of drug-likeness (QED) is 0.643. The summed E-state index contributed by atoms with van der Waals surface area (Å²) in [6, 6.07) is 8.04. The summed E-state index contributed by atoms with van der Waals surface area (Å²) in [4.78, 5) is 0. The average Bonchev–Trinajstić information content (AvgIpc) is 2.32. The molecule has 0 bridgehead atoms. The molecule has 3 nitrogen and oxygen atoms in total. The predicted octanol–water partition coefficient (Wildman–Crippen LogP) is 5.02. The third kappa shape index (κ3) is 7.55. The normalized spacial score (nSPS) is 13.6. The van der Waals surface area contributed by atoms with Crippen LogP contribution < -0.4 is 4.74 Å². The van der Waals surface area contributed by atoms with E-state index in [1.807, 2.05) is 24.3 Å². The summed E-state index contributed by atoms with van der Waals surface area (Å²) in [6.07, 6.45) is 2.12. The van der Waals surface area contributed by atoms with Gasteiger partial charge in [0, 0.05) is 0 Å². The molecule has 0 saturated heterocycles. The molecule has 0 spiro atoms. The molecule has 0 unspecified atom stereocenters. The maximum absolute atomic E-state index is 6.45. The van der Waals surface area contributed by atoms with Crippen molar-refractivity contribution in [3.05, 3.63) is 35.5 Å². The van der Waals surface area contributed by atoms with Crippen LogP contribution in [0.3, 0.4) is 0 Å². The van der Waals surface area contributed by atoms with E-state index in [0.717, 1.165) is 11.3 Å². The zero-order valence-corrected chi connectivity index (χ0v) is 18.2. The molecule has 0 radical (unpaired) electrons. The van der Waals surface area contributed by atoms with Crippen LogP contribution in [0, 0.1) is 0 Å². The topological polar surface area (TPSA) is 27.7 Å². The molecule has 6 heteroatoms. The van der Waals surface area contributed by atoms with Gasteiger partial charge < -0.3 is 13.0 Å². The third-order valence-corrected chi connectivity index (χ3v) is 11.6. The first-order valence-electron chi connectivity index (χ1n) is 7.66. The Labute approximate surface area is 138 Å². The fourth-order valence-corrected chi connectivity index (χ4v) is 13.6. The summed E-state index contributed by atoms with van der Waals surface area (Å²) >= 11 is 0. The maximum atomic E-state index is 6.45. The van der Waals surface area contributed by atoms with Crippen molar-refractivity contribution in [2.24, 2.45) is 0 Å². The van der Waals surface area contributed by atoms with Gasteiger partial charge in [-0.05, 0) is 69.2 Å². The van der Waals surface area contributed by atoms with E-state index in [1.54, 1.807) is 7.11 Å². The molecule has 0 atom stereocenters. The molecule has 22 heavy (non-hydrogen) atoms. The van der Waals surface area contributed by atoms with Crippen molar-refractivity contribution < 1.29 is 13.0 Å². The highest BCUT2D eigenvalue weighted by Gasteiger charge is 2.38. The van der Waals surface area contributed by atoms with Crippen LogP contribution in [0.15, 0.2) is 30.0 Å². The predicted molar refractivity (Wildman–Crippen MR) is 103 cm³/mol. The Kier molecular flexibility index (Phi) is 6.40. The summed E-state index contributed by atoms with van der Waals surface area (Å²) in [6.45, 7) is 15.4. The van der Waals surface area contributed by atoms with E-state index in [9.17, 15) is 0 Å². The van der Waals surface area contributed by atoms with Gasteiger partial charge in [-0.25, -0.2) is 0 Å². The molecule has 0 fully saturated rings. The monoisotopic (exact) mass is 354 g/mol. The van der Waals surface area contributed by atoms with Crippen LogP contribution in [0.2, 0.25) is 45.8 Å². The molecule has 0 N–H and O–H groups in total. The second kappa shape index (κ2) is 7.27. The molecule has 1 aromatic rings. The molecule has 124 valence electrons. The zero-order valence-electron chi connectivity index (χ0n) is 15.2. The van der Waals surface area contributed by atoms with Crippen LogP contribution in [0.25, 0.3) is 6.08 Å². The molecule has 0 aliphatic carbocycles. The van der Waals surface area contributed by atoms with E-state index in [1.165, 1.54) is 0 Å². The molecule has 0 aromatic heterocycles. The lowest BCUT2D eigenvalue weighted by Crippen LogP contribution is -2.51. The average molecular weight is 355 g/mol. The van der Waals surface area contributed by atoms with Crippen molar-refractivity contribution in [2.75, 3.05) is 7.11 Å². The number of ether oxygens (including phenoxy) is 1. The van der Waals surface area contributed by atoms with Crippen LogP contribution in [0.4, 0.5) is 0 Å². The van der Waals surface area contributed by atoms with Gasteiger partial charge in [0.05, 0.1) is 7.11 Å². The summed E-state index contributed by atoms with van der Waals surface area (Å²) in [5.41, 5.74) is 3.31. The third-order valence-electron chi connectivity index (χ3n) is 2.71. The lowest BCUT2D eigenvalue weighted by atomic mass is 10.2. The van der Waals surface area contributed by atoms with Crippen molar-refractivity contribution >= 4 is 31.3 Å². The van der Waals surface area contributed by atoms with Gasteiger partial charge in [-0.15, -0.1) is 0 Å². The largest absolute Gasteiger partial charge is 0.497 e. The molecule has 0 aliphatic rings. The first kappa shape index (κ1) is 19.4. The van der Waals surface area contributed by atoms with Gasteiger partial charge in [0.2, 0.25) is 0 Å². The minimum Gasteiger partial charge on any atom is -0.497 e. The maximum Gasteiger partial charge on any atom is 0.341 e. The molecule has 0 amide bonds. The fraction of sp³-hybridized carbons (Fsp3) is 0.500. The van der Waals surface area contributed by atoms with Crippen molar-refractivity contribution in [3.8, 4) is 5.75 Å². The van der Waals surface area contributed by atoms with Crippen LogP contribution in [-0.2, 0) is 8.23 Å². The smallest absolute Gasteiger partial charge is 0.341 e. The van der Waals surface area contributed by atoms with Crippen LogP contribution in [0.1, 0.15) is 5.56 Å². The van der Waals surface area contributed by atoms with Gasteiger partial charge in [0.15, 0.2) is 16.6 Å². The fourth-order valence-electron chi connectivity index (χ4n) is 2.27. The SMILES string of the molecule is COc1ccc(/C=C\[Si](C)(O[Si](C)(C)C)O[Si](C)(C)C)cc1. The summed E-state index contributed by atoms with van der Waals surface area (Å²) in [5, 5.41) is 0. The van der Waals surface area contributed by atoms with Gasteiger partial charge in [-0.2, -0.15) is 0 Å². The highest BCUT2D eigenvalue weighted by Crippen LogP contribution is 2.23. The Morgan fingerprint density at radius 1 is 0.773 bits per heavy atom. The highest BCUT2D eigenvalue weighted by molar-refractivity contribution is 6.90. The van der Waals surface area contributed by atoms with E-state index < -0.39 is 25.2 Å². The molecular formula is C16H30O3Si3. The standard InChI is InChI=1S/C16H30O3Si3/c1-17-16-11-9-15(10-12-16)13-14-22(8,18-20(2,3)4)19-21(5,6)7/h9-14H,1-8H3/b14-13-. The van der Waals surface area contributed by atoms with Gasteiger partial charge >= 0.3 is 8.56 Å². The van der Waals surface area contributed by atoms with E-state index >= 15 is 0 Å². The van der Waals surface area contributed by atoms with Gasteiger partial charge in [0.1, 0.15) is 5.75 Å². The molecular weight excluding hydrogens is 324 g/mol. The van der Waals surface area contributed by atoms with E-state index in [2.05, 4.69) is 57.6 Å². The van der Waals surface area contributed by atoms with Gasteiger partial charge in [-0.1, -0.05) is 18.2 Å². The Morgan fingerprint density at radius 3 is 1.59 bits per heavy atom. The Hall–Kier alpha value is -0.669. The van der Waals surface area contributed by atoms with E-state index in [4.69, 9.17) is 13.0 Å². The van der Waals surface area contributed by atoms with E-state index in [-0.39, 0.29) is 0 Å². The molecule has 0 heterocycles. The summed E-state index contributed by atoms with van der Waals surface area (Å²) in [7, 11) is -3.95. The number of hydrogen-bond acceptors (Lipinski definition) is 3. The number of benzene rings is 1. The van der Waals surface area contributed by atoms with Crippen molar-refractivity contribution in [2.45, 2.75) is 45.8 Å². The Morgan fingerprint density at radius 2 is 1.23 bits per heavy atom. The first-order valence-corrected chi connectivity index (χ1v) is 16.9. The summed E-state index contributed by atoms with van der Waals surface area (Å²) < 4.78 is 18.1. The Bertz CT molecular complexity index is 483. The molecule has 0 aliphatic heterocycles. The number of methoxy groups -OCH3 is 1. The second-order valence-corrected chi connectivity index (χ2v) is 20.0. The first-order chi connectivity index (χ1) is 9.92. The lowest BCUT2D eigenvalue weighted by molar-refractivity contribution is 0.403. The van der Waals surface area contributed by atoms with Crippen LogP contribution in [-0.4, -0.2) is 32.3 Å². The highest BCUT2D eigenvalue weighted by atomic mass is 28.5. The minimum atomic E-state index is -2.31. The molecule has 1 aromatic carbocycles. The number of rotatable bonds is 7. The molecule has 1 rings (SSSR count). The van der Waals surface area contributed by atoms with Crippen molar-refractivity contribution in [3.63, 3.8) is 0 Å². The van der Waals surface area contributed by atoms with Crippen molar-refractivity contribution in [1.82, 2.24) is 0 Å². The molecule has 0 saturated carbocycles. The van der Waals surface area contributed by atoms with Crippen molar-refractivity contribution in [1.29, 1.82) is 0 Å². The zero-order chi connectivity index (χ0) is 17.0. The van der Waals surface area contributed by atoms with E-state index in [0.29, 0.717) is 0 Å². The van der Waals surface area contributed by atoms with Crippen LogP contribution in [0.5, 0.6) is 5.75 Å². The van der Waals surface area contributed by atoms with Crippen LogP contribution >= 0.6 is 0 Å². The second-order valence-electron chi connectivity index (χ2n) is 7.55. The minimum absolute atomic E-state index is 0.869. The summed E-state index contributed by atoms with van der Waals surface area (Å²) in [5.74, 6) is 0.869.